The fraction of sp³-hybridized carbons (Fsp3) is 0.476. The lowest BCUT2D eigenvalue weighted by Crippen LogP contribution is -2.67. The van der Waals surface area contributed by atoms with E-state index in [0.717, 1.165) is 24.1 Å². The van der Waals surface area contributed by atoms with Crippen LogP contribution < -0.4 is 0 Å². The molecule has 0 aromatic carbocycles. The van der Waals surface area contributed by atoms with Crippen molar-refractivity contribution in [1.82, 2.24) is 14.9 Å². The summed E-state index contributed by atoms with van der Waals surface area (Å²) in [6.45, 7) is 6.41. The molecule has 1 unspecified atom stereocenters. The highest BCUT2D eigenvalue weighted by Crippen LogP contribution is 2.36. The lowest BCUT2D eigenvalue weighted by Gasteiger charge is -2.52. The summed E-state index contributed by atoms with van der Waals surface area (Å²) in [6.07, 6.45) is 5.51. The minimum absolute atomic E-state index is 0.0260. The largest absolute Gasteiger partial charge is 0.373 e. The molecule has 0 N–H and O–H groups in total. The molecule has 27 heavy (non-hydrogen) atoms. The summed E-state index contributed by atoms with van der Waals surface area (Å²) >= 11 is 0. The van der Waals surface area contributed by atoms with E-state index in [2.05, 4.69) is 16.9 Å². The van der Waals surface area contributed by atoms with Crippen LogP contribution in [0.1, 0.15) is 40.2 Å². The van der Waals surface area contributed by atoms with Crippen molar-refractivity contribution in [2.45, 2.75) is 45.0 Å². The van der Waals surface area contributed by atoms with Gasteiger partial charge in [-0.3, -0.25) is 9.78 Å². The van der Waals surface area contributed by atoms with Crippen LogP contribution in [-0.2, 0) is 16.1 Å². The standard InChI is InChI=1S/C21H25N3O3/c1-15-6-8-22-11-17(15)12-26-18-7-9-27-21(10-18)13-24(14-21)20(25)19-5-3-4-16(2)23-19/h3-6,8,11,18H,7,9-10,12-14H2,1-2H3. The quantitative estimate of drug-likeness (QED) is 0.831. The summed E-state index contributed by atoms with van der Waals surface area (Å²) in [6, 6.07) is 7.53. The molecular formula is C21H25N3O3. The number of ether oxygens (including phenoxy) is 2. The van der Waals surface area contributed by atoms with E-state index < -0.39 is 0 Å². The van der Waals surface area contributed by atoms with Gasteiger partial charge in [0, 0.05) is 31.1 Å². The van der Waals surface area contributed by atoms with E-state index in [9.17, 15) is 4.79 Å². The van der Waals surface area contributed by atoms with Gasteiger partial charge < -0.3 is 14.4 Å². The van der Waals surface area contributed by atoms with E-state index in [4.69, 9.17) is 9.47 Å². The number of rotatable bonds is 4. The van der Waals surface area contributed by atoms with Crippen molar-refractivity contribution >= 4 is 5.91 Å². The van der Waals surface area contributed by atoms with Crippen LogP contribution in [0, 0.1) is 13.8 Å². The maximum Gasteiger partial charge on any atom is 0.272 e. The number of nitrogens with zero attached hydrogens (tertiary/aromatic N) is 3. The van der Waals surface area contributed by atoms with Gasteiger partial charge in [-0.1, -0.05) is 6.07 Å². The Bertz CT molecular complexity index is 833. The molecule has 2 aliphatic heterocycles. The van der Waals surface area contributed by atoms with Crippen molar-refractivity contribution in [3.63, 3.8) is 0 Å². The average Bonchev–Trinajstić information content (AvgIpc) is 2.65. The Labute approximate surface area is 159 Å². The van der Waals surface area contributed by atoms with Gasteiger partial charge in [-0.25, -0.2) is 4.98 Å². The van der Waals surface area contributed by atoms with Crippen molar-refractivity contribution in [1.29, 1.82) is 0 Å². The van der Waals surface area contributed by atoms with Crippen LogP contribution >= 0.6 is 0 Å². The molecule has 0 saturated carbocycles. The van der Waals surface area contributed by atoms with Gasteiger partial charge in [-0.05, 0) is 49.6 Å². The number of hydrogen-bond donors (Lipinski definition) is 0. The van der Waals surface area contributed by atoms with Crippen molar-refractivity contribution in [2.24, 2.45) is 0 Å². The number of aryl methyl sites for hydroxylation is 2. The Hall–Kier alpha value is -2.31. The summed E-state index contributed by atoms with van der Waals surface area (Å²) in [5.41, 5.74) is 3.39. The molecule has 4 heterocycles. The van der Waals surface area contributed by atoms with E-state index in [0.29, 0.717) is 32.0 Å². The minimum atomic E-state index is -0.271. The number of likely N-dealkylation sites (tertiary alicyclic amines) is 1. The Morgan fingerprint density at radius 1 is 1.33 bits per heavy atom. The molecule has 6 nitrogen and oxygen atoms in total. The zero-order valence-electron chi connectivity index (χ0n) is 15.9. The fourth-order valence-electron chi connectivity index (χ4n) is 3.82. The Kier molecular flexibility index (Phi) is 4.93. The van der Waals surface area contributed by atoms with Crippen LogP contribution in [0.15, 0.2) is 36.7 Å². The SMILES string of the molecule is Cc1cccc(C(=O)N2CC3(CC(OCc4cnccc4C)CCO3)C2)n1. The first-order valence-electron chi connectivity index (χ1n) is 9.43. The van der Waals surface area contributed by atoms with Gasteiger partial charge in [0.25, 0.3) is 5.91 Å². The predicted molar refractivity (Wildman–Crippen MR) is 100 cm³/mol. The third kappa shape index (κ3) is 3.87. The van der Waals surface area contributed by atoms with E-state index in [1.54, 1.807) is 12.3 Å². The maximum absolute atomic E-state index is 12.6. The van der Waals surface area contributed by atoms with E-state index in [1.165, 1.54) is 5.56 Å². The first kappa shape index (κ1) is 18.1. The van der Waals surface area contributed by atoms with Gasteiger partial charge >= 0.3 is 0 Å². The van der Waals surface area contributed by atoms with Crippen LogP contribution in [0.2, 0.25) is 0 Å². The summed E-state index contributed by atoms with van der Waals surface area (Å²) in [5.74, 6) is -0.0260. The fourth-order valence-corrected chi connectivity index (χ4v) is 3.82. The topological polar surface area (TPSA) is 64.6 Å². The smallest absolute Gasteiger partial charge is 0.272 e. The molecular weight excluding hydrogens is 342 g/mol. The normalized spacial score (nSPS) is 21.1. The number of carbonyl (C=O) groups excluding carboxylic acids is 1. The molecule has 1 atom stereocenters. The molecule has 1 amide bonds. The second kappa shape index (κ2) is 7.37. The number of aromatic nitrogens is 2. The van der Waals surface area contributed by atoms with Gasteiger partial charge in [-0.15, -0.1) is 0 Å². The van der Waals surface area contributed by atoms with E-state index in [-0.39, 0.29) is 17.6 Å². The Morgan fingerprint density at radius 2 is 2.19 bits per heavy atom. The summed E-state index contributed by atoms with van der Waals surface area (Å²) < 4.78 is 12.2. The first-order chi connectivity index (χ1) is 13.0. The maximum atomic E-state index is 12.6. The molecule has 4 rings (SSSR count). The monoisotopic (exact) mass is 367 g/mol. The first-order valence-corrected chi connectivity index (χ1v) is 9.43. The van der Waals surface area contributed by atoms with Gasteiger partial charge in [0.05, 0.1) is 25.8 Å². The van der Waals surface area contributed by atoms with Crippen LogP contribution in [0.3, 0.4) is 0 Å². The lowest BCUT2D eigenvalue weighted by molar-refractivity contribution is -0.188. The molecule has 142 valence electrons. The number of amides is 1. The van der Waals surface area contributed by atoms with Crippen molar-refractivity contribution < 1.29 is 14.3 Å². The van der Waals surface area contributed by atoms with Crippen LogP contribution in [0.25, 0.3) is 0 Å². The molecule has 0 bridgehead atoms. The predicted octanol–water partition coefficient (Wildman–Crippen LogP) is 2.68. The molecule has 1 spiro atoms. The number of carbonyl (C=O) groups is 1. The summed E-state index contributed by atoms with van der Waals surface area (Å²) in [4.78, 5) is 22.9. The lowest BCUT2D eigenvalue weighted by atomic mass is 9.84. The third-order valence-electron chi connectivity index (χ3n) is 5.42. The van der Waals surface area contributed by atoms with Crippen LogP contribution in [0.4, 0.5) is 0 Å². The molecule has 0 radical (unpaired) electrons. The Balaban J connectivity index is 1.33. The third-order valence-corrected chi connectivity index (χ3v) is 5.42. The molecule has 2 fully saturated rings. The summed E-state index contributed by atoms with van der Waals surface area (Å²) in [5, 5.41) is 0. The summed E-state index contributed by atoms with van der Waals surface area (Å²) in [7, 11) is 0. The van der Waals surface area contributed by atoms with Crippen molar-refractivity contribution in [3.8, 4) is 0 Å². The van der Waals surface area contributed by atoms with Gasteiger partial charge in [0.2, 0.25) is 0 Å². The van der Waals surface area contributed by atoms with Crippen molar-refractivity contribution in [2.75, 3.05) is 19.7 Å². The minimum Gasteiger partial charge on any atom is -0.373 e. The number of hydrogen-bond acceptors (Lipinski definition) is 5. The van der Waals surface area contributed by atoms with Gasteiger partial charge in [-0.2, -0.15) is 0 Å². The van der Waals surface area contributed by atoms with Gasteiger partial charge in [0.1, 0.15) is 11.3 Å². The zero-order chi connectivity index (χ0) is 18.9. The molecule has 0 aliphatic carbocycles. The molecule has 2 saturated heterocycles. The molecule has 2 aliphatic rings. The molecule has 2 aromatic rings. The van der Waals surface area contributed by atoms with Crippen LogP contribution in [-0.4, -0.2) is 52.2 Å². The highest BCUT2D eigenvalue weighted by atomic mass is 16.5. The second-order valence-electron chi connectivity index (χ2n) is 7.58. The van der Waals surface area contributed by atoms with Crippen molar-refractivity contribution in [3.05, 3.63) is 59.2 Å². The zero-order valence-corrected chi connectivity index (χ0v) is 15.9. The van der Waals surface area contributed by atoms with E-state index in [1.807, 2.05) is 36.2 Å². The molecule has 6 heteroatoms. The van der Waals surface area contributed by atoms with Crippen LogP contribution in [0.5, 0.6) is 0 Å². The average molecular weight is 367 g/mol. The second-order valence-corrected chi connectivity index (χ2v) is 7.58. The molecule has 2 aromatic heterocycles. The van der Waals surface area contributed by atoms with Gasteiger partial charge in [0.15, 0.2) is 0 Å². The Morgan fingerprint density at radius 3 is 2.96 bits per heavy atom. The highest BCUT2D eigenvalue weighted by molar-refractivity contribution is 5.93. The highest BCUT2D eigenvalue weighted by Gasteiger charge is 2.49. The number of pyridine rings is 2. The van der Waals surface area contributed by atoms with E-state index >= 15 is 0 Å².